The van der Waals surface area contributed by atoms with Crippen LogP contribution in [0.3, 0.4) is 0 Å². The van der Waals surface area contributed by atoms with E-state index >= 15 is 0 Å². The number of nitrogens with two attached hydrogens (primary N) is 2. The number of carbonyl (C=O) groups excluding carboxylic acids is 5. The van der Waals surface area contributed by atoms with Crippen LogP contribution in [-0.4, -0.2) is 59.7 Å². The third kappa shape index (κ3) is 9.80. The number of primary amides is 1. The Labute approximate surface area is 297 Å². The van der Waals surface area contributed by atoms with E-state index in [-0.39, 0.29) is 38.3 Å². The molecule has 1 unspecified atom stereocenters. The second-order valence-electron chi connectivity index (χ2n) is 13.2. The number of amides is 5. The molecule has 51 heavy (non-hydrogen) atoms. The number of nitrogens with zero attached hydrogens (tertiary/aromatic N) is 1. The van der Waals surface area contributed by atoms with Gasteiger partial charge in [-0.2, -0.15) is 0 Å². The molecule has 12 nitrogen and oxygen atoms in total. The van der Waals surface area contributed by atoms with Crippen LogP contribution in [0.2, 0.25) is 0 Å². The molecule has 1 aliphatic carbocycles. The van der Waals surface area contributed by atoms with Crippen molar-refractivity contribution >= 4 is 35.2 Å². The molecule has 266 valence electrons. The number of aromatic nitrogens is 1. The van der Waals surface area contributed by atoms with E-state index in [0.29, 0.717) is 56.4 Å². The van der Waals surface area contributed by atoms with Crippen LogP contribution < -0.4 is 32.7 Å². The number of anilines is 1. The summed E-state index contributed by atoms with van der Waals surface area (Å²) in [5.41, 5.74) is 16.8. The Balaban J connectivity index is 1.41. The third-order valence-corrected chi connectivity index (χ3v) is 9.23. The molecule has 1 aromatic heterocycles. The first-order chi connectivity index (χ1) is 24.5. The van der Waals surface area contributed by atoms with Crippen LogP contribution in [0, 0.1) is 31.6 Å². The summed E-state index contributed by atoms with van der Waals surface area (Å²) in [5.74, 6) is 4.28. The van der Waals surface area contributed by atoms with Crippen LogP contribution >= 0.6 is 0 Å². The van der Waals surface area contributed by atoms with Crippen molar-refractivity contribution in [2.24, 2.45) is 17.4 Å². The maximum Gasteiger partial charge on any atom is 0.253 e. The molecule has 2 aliphatic rings. The van der Waals surface area contributed by atoms with Gasteiger partial charge in [-0.1, -0.05) is 55.5 Å². The molecule has 2 atom stereocenters. The van der Waals surface area contributed by atoms with Gasteiger partial charge in [0.15, 0.2) is 0 Å². The zero-order chi connectivity index (χ0) is 36.5. The monoisotopic (exact) mass is 691 g/mol. The number of fused-ring (bicyclic) bond motifs is 5. The fourth-order valence-electron chi connectivity index (χ4n) is 6.53. The lowest BCUT2D eigenvalue weighted by Gasteiger charge is -2.23. The Hall–Kier alpha value is -5.54. The predicted octanol–water partition coefficient (Wildman–Crippen LogP) is 2.57. The zero-order valence-corrected chi connectivity index (χ0v) is 29.1. The Kier molecular flexibility index (Phi) is 12.2. The topological polar surface area (TPSA) is 198 Å². The molecule has 12 heteroatoms. The van der Waals surface area contributed by atoms with Crippen LogP contribution in [0.15, 0.2) is 48.5 Å². The van der Waals surface area contributed by atoms with Gasteiger partial charge in [-0.05, 0) is 86.0 Å². The number of benzene rings is 2. The summed E-state index contributed by atoms with van der Waals surface area (Å²) in [4.78, 5) is 69.4. The third-order valence-electron chi connectivity index (χ3n) is 9.23. The van der Waals surface area contributed by atoms with Crippen molar-refractivity contribution in [3.8, 4) is 23.0 Å². The first kappa shape index (κ1) is 36.7. The molecule has 1 aliphatic heterocycles. The molecule has 1 fully saturated rings. The normalized spacial score (nSPS) is 17.0. The van der Waals surface area contributed by atoms with Crippen molar-refractivity contribution in [3.05, 3.63) is 82.2 Å². The Morgan fingerprint density at radius 2 is 1.78 bits per heavy atom. The summed E-state index contributed by atoms with van der Waals surface area (Å²) in [7, 11) is 0. The Morgan fingerprint density at radius 1 is 1.00 bits per heavy atom. The van der Waals surface area contributed by atoms with E-state index < -0.39 is 35.7 Å². The standard InChI is InChI=1S/C39H45N7O5/c1-23-17-27-19-31(28-10-6-9-26(18-28)21-34(47)42-22-35(48)44-33(20-27)37(41)49)36(23)46-39(51)32(15-16-40)45-38(50)30-14-13-29(43-24(30)2)12-11-25-7-4-3-5-8-25/h6,9-10,13-14,17-19,25,32-33H,3-5,7-8,15-16,20-22,40H2,1-2H3,(H2,41,49)(H,42,47)(H,44,48)(H,45,50)(H,46,51)/t32-,33?/m0/s1. The van der Waals surface area contributed by atoms with Crippen molar-refractivity contribution in [2.75, 3.05) is 18.4 Å². The highest BCUT2D eigenvalue weighted by Gasteiger charge is 2.26. The van der Waals surface area contributed by atoms with Crippen molar-refractivity contribution in [1.29, 1.82) is 0 Å². The van der Waals surface area contributed by atoms with Gasteiger partial charge in [0.25, 0.3) is 5.91 Å². The Bertz CT molecular complexity index is 1890. The molecule has 2 heterocycles. The van der Waals surface area contributed by atoms with Gasteiger partial charge in [0, 0.05) is 17.9 Å². The quantitative estimate of drug-likeness (QED) is 0.205. The van der Waals surface area contributed by atoms with Crippen LogP contribution in [0.1, 0.15) is 77.0 Å². The van der Waals surface area contributed by atoms with Crippen molar-refractivity contribution in [1.82, 2.24) is 20.9 Å². The van der Waals surface area contributed by atoms with Gasteiger partial charge in [-0.3, -0.25) is 24.0 Å². The molecular formula is C39H45N7O5. The maximum absolute atomic E-state index is 13.9. The number of aryl methyl sites for hydroxylation is 2. The molecule has 0 saturated heterocycles. The summed E-state index contributed by atoms with van der Waals surface area (Å²) in [5, 5.41) is 11.0. The number of carbonyl (C=O) groups is 5. The average Bonchev–Trinajstić information content (AvgIpc) is 3.10. The lowest BCUT2D eigenvalue weighted by atomic mass is 9.90. The van der Waals surface area contributed by atoms with Crippen molar-refractivity contribution in [3.63, 3.8) is 0 Å². The SMILES string of the molecule is Cc1cc2cc(c1NC(=O)[C@H](CCN)NC(=O)c1ccc(C#CC3CCCCC3)nc1C)-c1cccc(c1)CC(=O)NCC(=O)NC(C(N)=O)C2. The molecule has 4 bridgehead atoms. The molecule has 5 amide bonds. The van der Waals surface area contributed by atoms with Gasteiger partial charge in [0.1, 0.15) is 17.8 Å². The number of hydrogen-bond acceptors (Lipinski definition) is 7. The molecule has 1 saturated carbocycles. The van der Waals surface area contributed by atoms with Crippen LogP contribution in [0.4, 0.5) is 5.69 Å². The van der Waals surface area contributed by atoms with Gasteiger partial charge in [-0.15, -0.1) is 0 Å². The Morgan fingerprint density at radius 3 is 2.51 bits per heavy atom. The van der Waals surface area contributed by atoms with E-state index in [4.69, 9.17) is 11.5 Å². The van der Waals surface area contributed by atoms with Crippen LogP contribution in [-0.2, 0) is 32.0 Å². The fraction of sp³-hybridized carbons (Fsp3) is 0.385. The second kappa shape index (κ2) is 16.9. The predicted molar refractivity (Wildman–Crippen MR) is 194 cm³/mol. The van der Waals surface area contributed by atoms with Gasteiger partial charge < -0.3 is 32.7 Å². The fourth-order valence-corrected chi connectivity index (χ4v) is 6.53. The van der Waals surface area contributed by atoms with Crippen molar-refractivity contribution < 1.29 is 24.0 Å². The summed E-state index contributed by atoms with van der Waals surface area (Å²) in [6, 6.07) is 12.3. The number of rotatable bonds is 7. The van der Waals surface area contributed by atoms with Gasteiger partial charge in [-0.25, -0.2) is 4.98 Å². The smallest absolute Gasteiger partial charge is 0.253 e. The number of hydrogen-bond donors (Lipinski definition) is 6. The molecule has 5 rings (SSSR count). The highest BCUT2D eigenvalue weighted by atomic mass is 16.2. The molecule has 3 aromatic rings. The van der Waals surface area contributed by atoms with Gasteiger partial charge >= 0.3 is 0 Å². The highest BCUT2D eigenvalue weighted by Crippen LogP contribution is 2.34. The molecule has 8 N–H and O–H groups in total. The van der Waals surface area contributed by atoms with Gasteiger partial charge in [0.05, 0.1) is 29.9 Å². The largest absolute Gasteiger partial charge is 0.368 e. The van der Waals surface area contributed by atoms with E-state index in [1.165, 1.54) is 19.3 Å². The first-order valence-electron chi connectivity index (χ1n) is 17.4. The van der Waals surface area contributed by atoms with Crippen LogP contribution in [0.25, 0.3) is 11.1 Å². The van der Waals surface area contributed by atoms with E-state index in [0.717, 1.165) is 12.8 Å². The number of pyridine rings is 1. The average molecular weight is 692 g/mol. The van der Waals surface area contributed by atoms with E-state index in [2.05, 4.69) is 38.1 Å². The molecular weight excluding hydrogens is 646 g/mol. The minimum absolute atomic E-state index is 0.00762. The number of nitrogens with one attached hydrogen (secondary N) is 4. The summed E-state index contributed by atoms with van der Waals surface area (Å²) in [6.45, 7) is 3.39. The lowest BCUT2D eigenvalue weighted by Crippen LogP contribution is -2.49. The molecule has 0 radical (unpaired) electrons. The van der Waals surface area contributed by atoms with Gasteiger partial charge in [0.2, 0.25) is 23.6 Å². The molecule has 2 aromatic carbocycles. The second-order valence-corrected chi connectivity index (χ2v) is 13.2. The van der Waals surface area contributed by atoms with E-state index in [1.54, 1.807) is 31.2 Å². The summed E-state index contributed by atoms with van der Waals surface area (Å²) < 4.78 is 0. The van der Waals surface area contributed by atoms with Crippen LogP contribution in [0.5, 0.6) is 0 Å². The first-order valence-corrected chi connectivity index (χ1v) is 17.4. The van der Waals surface area contributed by atoms with Crippen molar-refractivity contribution in [2.45, 2.75) is 77.3 Å². The zero-order valence-electron chi connectivity index (χ0n) is 29.1. The molecule has 0 spiro atoms. The lowest BCUT2D eigenvalue weighted by molar-refractivity contribution is -0.128. The highest BCUT2D eigenvalue weighted by molar-refractivity contribution is 6.04. The van der Waals surface area contributed by atoms with E-state index in [9.17, 15) is 24.0 Å². The summed E-state index contributed by atoms with van der Waals surface area (Å²) in [6.07, 6.45) is 6.11. The van der Waals surface area contributed by atoms with E-state index in [1.807, 2.05) is 31.2 Å². The minimum atomic E-state index is -1.03. The minimum Gasteiger partial charge on any atom is -0.368 e. The summed E-state index contributed by atoms with van der Waals surface area (Å²) >= 11 is 0. The maximum atomic E-state index is 13.9.